The predicted octanol–water partition coefficient (Wildman–Crippen LogP) is 2.88. The van der Waals surface area contributed by atoms with Crippen LogP contribution in [0, 0.1) is 0 Å². The largest absolute Gasteiger partial charge is 0.384 e. The molecule has 1 unspecified atom stereocenters. The Hall–Kier alpha value is -1.29. The summed E-state index contributed by atoms with van der Waals surface area (Å²) in [5.41, 5.74) is 6.11. The molecule has 5 heteroatoms. The molecule has 0 spiro atoms. The maximum absolute atomic E-state index is 12.5. The summed E-state index contributed by atoms with van der Waals surface area (Å²) < 4.78 is 0. The van der Waals surface area contributed by atoms with Gasteiger partial charge in [0, 0.05) is 12.6 Å². The van der Waals surface area contributed by atoms with Crippen LogP contribution in [-0.4, -0.2) is 28.4 Å². The molecule has 1 amide bonds. The van der Waals surface area contributed by atoms with E-state index in [1.807, 2.05) is 4.90 Å². The minimum absolute atomic E-state index is 0. The number of nitrogen functional groups attached to an aromatic ring is 1. The summed E-state index contributed by atoms with van der Waals surface area (Å²) >= 11 is 0. The van der Waals surface area contributed by atoms with E-state index in [0.717, 1.165) is 25.8 Å². The lowest BCUT2D eigenvalue weighted by Crippen LogP contribution is -2.40. The van der Waals surface area contributed by atoms with E-state index in [2.05, 4.69) is 11.9 Å². The summed E-state index contributed by atoms with van der Waals surface area (Å²) in [5, 5.41) is 0. The van der Waals surface area contributed by atoms with E-state index in [1.165, 1.54) is 12.8 Å². The highest BCUT2D eigenvalue weighted by atomic mass is 35.5. The summed E-state index contributed by atoms with van der Waals surface area (Å²) in [7, 11) is 0. The van der Waals surface area contributed by atoms with Crippen molar-refractivity contribution in [1.29, 1.82) is 0 Å². The Morgan fingerprint density at radius 1 is 1.42 bits per heavy atom. The number of likely N-dealkylation sites (tertiary alicyclic amines) is 1. The van der Waals surface area contributed by atoms with Gasteiger partial charge < -0.3 is 10.6 Å². The zero-order chi connectivity index (χ0) is 13.0. The molecule has 1 fully saturated rings. The summed E-state index contributed by atoms with van der Waals surface area (Å²) in [6.07, 6.45) is 5.63. The minimum Gasteiger partial charge on any atom is -0.384 e. The summed E-state index contributed by atoms with van der Waals surface area (Å²) in [6.45, 7) is 2.98. The summed E-state index contributed by atoms with van der Waals surface area (Å²) in [5.74, 6) is 0.430. The van der Waals surface area contributed by atoms with Gasteiger partial charge in [0.1, 0.15) is 11.5 Å². The highest BCUT2D eigenvalue weighted by molar-refractivity contribution is 5.92. The van der Waals surface area contributed by atoms with Gasteiger partial charge in [0.05, 0.1) is 0 Å². The van der Waals surface area contributed by atoms with Crippen molar-refractivity contribution in [3.05, 3.63) is 23.9 Å². The Balaban J connectivity index is 0.00000180. The standard InChI is InChI=1S/C14H21N3O.ClH/c1-2-11-7-4-3-5-10-17(11)14(18)12-8-6-9-13(15)16-12;/h6,8-9,11H,2-5,7,10H2,1H3,(H2,15,16);1H. The predicted molar refractivity (Wildman–Crippen MR) is 79.5 cm³/mol. The molecule has 1 aliphatic heterocycles. The first-order valence-corrected chi connectivity index (χ1v) is 6.76. The van der Waals surface area contributed by atoms with E-state index in [1.54, 1.807) is 18.2 Å². The van der Waals surface area contributed by atoms with Crippen LogP contribution in [0.1, 0.15) is 49.5 Å². The van der Waals surface area contributed by atoms with Gasteiger partial charge in [0.25, 0.3) is 5.91 Å². The molecule has 0 saturated carbocycles. The van der Waals surface area contributed by atoms with Crippen LogP contribution in [0.3, 0.4) is 0 Å². The van der Waals surface area contributed by atoms with E-state index in [9.17, 15) is 4.79 Å². The molecule has 0 bridgehead atoms. The average Bonchev–Trinajstić information content (AvgIpc) is 2.62. The van der Waals surface area contributed by atoms with E-state index < -0.39 is 0 Å². The average molecular weight is 284 g/mol. The smallest absolute Gasteiger partial charge is 0.272 e. The molecule has 4 nitrogen and oxygen atoms in total. The van der Waals surface area contributed by atoms with Crippen molar-refractivity contribution >= 4 is 24.1 Å². The van der Waals surface area contributed by atoms with Crippen molar-refractivity contribution in [3.8, 4) is 0 Å². The second-order valence-corrected chi connectivity index (χ2v) is 4.86. The molecule has 2 rings (SSSR count). The van der Waals surface area contributed by atoms with Gasteiger partial charge in [0.15, 0.2) is 0 Å². The van der Waals surface area contributed by atoms with Gasteiger partial charge >= 0.3 is 0 Å². The number of halogens is 1. The Kier molecular flexibility index (Phi) is 6.09. The molecule has 0 aliphatic carbocycles. The molecule has 1 aromatic rings. The molecule has 1 atom stereocenters. The van der Waals surface area contributed by atoms with Crippen LogP contribution in [0.25, 0.3) is 0 Å². The Morgan fingerprint density at radius 2 is 2.21 bits per heavy atom. The molecule has 2 N–H and O–H groups in total. The Labute approximate surface area is 120 Å². The third-order valence-corrected chi connectivity index (χ3v) is 3.60. The molecule has 1 aliphatic rings. The van der Waals surface area contributed by atoms with Gasteiger partial charge in [-0.3, -0.25) is 4.79 Å². The number of hydrogen-bond donors (Lipinski definition) is 1. The molecule has 1 saturated heterocycles. The minimum atomic E-state index is 0. The van der Waals surface area contributed by atoms with E-state index in [0.29, 0.717) is 17.6 Å². The van der Waals surface area contributed by atoms with Crippen molar-refractivity contribution in [3.63, 3.8) is 0 Å². The highest BCUT2D eigenvalue weighted by Gasteiger charge is 2.25. The van der Waals surface area contributed by atoms with E-state index >= 15 is 0 Å². The maximum atomic E-state index is 12.5. The number of rotatable bonds is 2. The fourth-order valence-corrected chi connectivity index (χ4v) is 2.59. The monoisotopic (exact) mass is 283 g/mol. The molecule has 106 valence electrons. The number of amides is 1. The fraction of sp³-hybridized carbons (Fsp3) is 0.571. The fourth-order valence-electron chi connectivity index (χ4n) is 2.59. The van der Waals surface area contributed by atoms with Crippen molar-refractivity contribution in [2.45, 2.75) is 45.1 Å². The van der Waals surface area contributed by atoms with Gasteiger partial charge in [-0.15, -0.1) is 12.4 Å². The van der Waals surface area contributed by atoms with Crippen LogP contribution in [0.15, 0.2) is 18.2 Å². The van der Waals surface area contributed by atoms with Gasteiger partial charge in [0.2, 0.25) is 0 Å². The number of carbonyl (C=O) groups excluding carboxylic acids is 1. The Morgan fingerprint density at radius 3 is 2.89 bits per heavy atom. The third-order valence-electron chi connectivity index (χ3n) is 3.60. The van der Waals surface area contributed by atoms with Crippen LogP contribution in [0.4, 0.5) is 5.82 Å². The molecule has 0 aromatic carbocycles. The number of hydrogen-bond acceptors (Lipinski definition) is 3. The zero-order valence-corrected chi connectivity index (χ0v) is 12.2. The number of anilines is 1. The van der Waals surface area contributed by atoms with Crippen LogP contribution in [0.5, 0.6) is 0 Å². The molecule has 0 radical (unpaired) electrons. The number of carbonyl (C=O) groups is 1. The SMILES string of the molecule is CCC1CCCCCN1C(=O)c1cccc(N)n1.Cl. The Bertz CT molecular complexity index is 425. The first kappa shape index (κ1) is 15.8. The van der Waals surface area contributed by atoms with Gasteiger partial charge in [-0.1, -0.05) is 25.8 Å². The maximum Gasteiger partial charge on any atom is 0.272 e. The molecule has 1 aromatic heterocycles. The van der Waals surface area contributed by atoms with Crippen molar-refractivity contribution in [2.24, 2.45) is 0 Å². The van der Waals surface area contributed by atoms with Gasteiger partial charge in [-0.25, -0.2) is 4.98 Å². The first-order chi connectivity index (χ1) is 8.72. The lowest BCUT2D eigenvalue weighted by atomic mass is 10.1. The van der Waals surface area contributed by atoms with Crippen LogP contribution in [-0.2, 0) is 0 Å². The number of aromatic nitrogens is 1. The van der Waals surface area contributed by atoms with Gasteiger partial charge in [-0.2, -0.15) is 0 Å². The highest BCUT2D eigenvalue weighted by Crippen LogP contribution is 2.21. The second-order valence-electron chi connectivity index (χ2n) is 4.86. The van der Waals surface area contributed by atoms with Crippen LogP contribution < -0.4 is 5.73 Å². The quantitative estimate of drug-likeness (QED) is 0.908. The molecular weight excluding hydrogens is 262 g/mol. The van der Waals surface area contributed by atoms with Gasteiger partial charge in [-0.05, 0) is 31.4 Å². The first-order valence-electron chi connectivity index (χ1n) is 6.76. The second kappa shape index (κ2) is 7.34. The molecular formula is C14H22ClN3O. The van der Waals surface area contributed by atoms with E-state index in [4.69, 9.17) is 5.73 Å². The normalized spacial score (nSPS) is 19.4. The van der Waals surface area contributed by atoms with Crippen LogP contribution in [0.2, 0.25) is 0 Å². The van der Waals surface area contributed by atoms with Crippen molar-refractivity contribution < 1.29 is 4.79 Å². The number of nitrogens with zero attached hydrogens (tertiary/aromatic N) is 2. The lowest BCUT2D eigenvalue weighted by Gasteiger charge is -2.29. The molecule has 19 heavy (non-hydrogen) atoms. The number of pyridine rings is 1. The van der Waals surface area contributed by atoms with Crippen molar-refractivity contribution in [1.82, 2.24) is 9.88 Å². The van der Waals surface area contributed by atoms with E-state index in [-0.39, 0.29) is 18.3 Å². The summed E-state index contributed by atoms with van der Waals surface area (Å²) in [4.78, 5) is 18.6. The molecule has 2 heterocycles. The van der Waals surface area contributed by atoms with Crippen LogP contribution >= 0.6 is 12.4 Å². The summed E-state index contributed by atoms with van der Waals surface area (Å²) in [6, 6.07) is 5.59. The third kappa shape index (κ3) is 3.83. The number of nitrogens with two attached hydrogens (primary N) is 1. The van der Waals surface area contributed by atoms with Crippen molar-refractivity contribution in [2.75, 3.05) is 12.3 Å². The topological polar surface area (TPSA) is 59.2 Å². The lowest BCUT2D eigenvalue weighted by molar-refractivity contribution is 0.0672. The zero-order valence-electron chi connectivity index (χ0n) is 11.3.